The van der Waals surface area contributed by atoms with Gasteiger partial charge in [0.2, 0.25) is 5.91 Å². The third-order valence-electron chi connectivity index (χ3n) is 4.22. The van der Waals surface area contributed by atoms with Crippen molar-refractivity contribution in [3.05, 3.63) is 29.6 Å². The van der Waals surface area contributed by atoms with Gasteiger partial charge in [0.25, 0.3) is 5.91 Å². The van der Waals surface area contributed by atoms with Gasteiger partial charge in [0.1, 0.15) is 0 Å². The van der Waals surface area contributed by atoms with E-state index in [2.05, 4.69) is 17.6 Å². The SMILES string of the molecule is C[C@H]1CCCC[NH+]1CC(=O)NCC(=O)Nc1ccc(F)c(F)c1F. The van der Waals surface area contributed by atoms with Crippen LogP contribution in [0.3, 0.4) is 0 Å². The molecule has 0 spiro atoms. The number of hydrogen-bond donors (Lipinski definition) is 3. The number of carbonyl (C=O) groups excluding carboxylic acids is 2. The molecule has 1 heterocycles. The highest BCUT2D eigenvalue weighted by atomic mass is 19.2. The second kappa shape index (κ2) is 8.14. The summed E-state index contributed by atoms with van der Waals surface area (Å²) >= 11 is 0. The van der Waals surface area contributed by atoms with Gasteiger partial charge in [-0.1, -0.05) is 0 Å². The van der Waals surface area contributed by atoms with E-state index in [1.165, 1.54) is 4.90 Å². The summed E-state index contributed by atoms with van der Waals surface area (Å²) in [5, 5.41) is 4.56. The van der Waals surface area contributed by atoms with Crippen molar-refractivity contribution < 1.29 is 27.7 Å². The van der Waals surface area contributed by atoms with Crippen molar-refractivity contribution in [2.75, 3.05) is 25.0 Å². The number of quaternary nitrogens is 1. The van der Waals surface area contributed by atoms with E-state index >= 15 is 0 Å². The number of benzene rings is 1. The summed E-state index contributed by atoms with van der Waals surface area (Å²) in [6.07, 6.45) is 3.30. The average Bonchev–Trinajstić information content (AvgIpc) is 2.56. The van der Waals surface area contributed by atoms with Crippen LogP contribution in [0.4, 0.5) is 18.9 Å². The number of anilines is 1. The highest BCUT2D eigenvalue weighted by molar-refractivity contribution is 5.94. The fourth-order valence-corrected chi connectivity index (χ4v) is 2.78. The topological polar surface area (TPSA) is 62.6 Å². The van der Waals surface area contributed by atoms with Crippen molar-refractivity contribution in [1.29, 1.82) is 0 Å². The van der Waals surface area contributed by atoms with E-state index in [9.17, 15) is 22.8 Å². The van der Waals surface area contributed by atoms with E-state index in [0.717, 1.165) is 31.9 Å². The van der Waals surface area contributed by atoms with Gasteiger partial charge in [-0.3, -0.25) is 9.59 Å². The Morgan fingerprint density at radius 2 is 1.92 bits per heavy atom. The molecule has 3 N–H and O–H groups in total. The summed E-state index contributed by atoms with van der Waals surface area (Å²) in [6, 6.07) is 2.04. The van der Waals surface area contributed by atoms with Gasteiger partial charge in [-0.15, -0.1) is 0 Å². The van der Waals surface area contributed by atoms with Gasteiger partial charge in [0, 0.05) is 0 Å². The monoisotopic (exact) mass is 344 g/mol. The molecule has 5 nitrogen and oxygen atoms in total. The van der Waals surface area contributed by atoms with E-state index in [4.69, 9.17) is 0 Å². The first kappa shape index (κ1) is 18.3. The van der Waals surface area contributed by atoms with Gasteiger partial charge in [-0.25, -0.2) is 13.2 Å². The van der Waals surface area contributed by atoms with Gasteiger partial charge < -0.3 is 15.5 Å². The summed E-state index contributed by atoms with van der Waals surface area (Å²) < 4.78 is 39.4. The first-order valence-electron chi connectivity index (χ1n) is 7.93. The number of nitrogens with one attached hydrogen (secondary N) is 3. The summed E-state index contributed by atoms with van der Waals surface area (Å²) in [5.41, 5.74) is -0.469. The highest BCUT2D eigenvalue weighted by Gasteiger charge is 2.24. The van der Waals surface area contributed by atoms with Crippen molar-refractivity contribution in [3.8, 4) is 0 Å². The molecule has 0 bridgehead atoms. The Balaban J connectivity index is 1.80. The predicted molar refractivity (Wildman–Crippen MR) is 82.0 cm³/mol. The Hall–Kier alpha value is -2.09. The molecule has 1 aliphatic rings. The second-order valence-electron chi connectivity index (χ2n) is 6.03. The van der Waals surface area contributed by atoms with Crippen molar-refractivity contribution in [2.45, 2.75) is 32.2 Å². The lowest BCUT2D eigenvalue weighted by molar-refractivity contribution is -0.920. The lowest BCUT2D eigenvalue weighted by Gasteiger charge is -2.29. The number of amides is 2. The van der Waals surface area contributed by atoms with Gasteiger partial charge in [-0.2, -0.15) is 0 Å². The van der Waals surface area contributed by atoms with E-state index < -0.39 is 29.0 Å². The molecule has 1 aromatic rings. The van der Waals surface area contributed by atoms with Crippen LogP contribution in [0.15, 0.2) is 12.1 Å². The fraction of sp³-hybridized carbons (Fsp3) is 0.500. The molecule has 2 atom stereocenters. The van der Waals surface area contributed by atoms with Crippen molar-refractivity contribution in [2.24, 2.45) is 0 Å². The minimum absolute atomic E-state index is 0.272. The first-order valence-corrected chi connectivity index (χ1v) is 7.93. The minimum atomic E-state index is -1.65. The van der Waals surface area contributed by atoms with Crippen LogP contribution in [-0.2, 0) is 9.59 Å². The molecule has 0 radical (unpaired) electrons. The van der Waals surface area contributed by atoms with Gasteiger partial charge in [-0.05, 0) is 38.3 Å². The van der Waals surface area contributed by atoms with Gasteiger partial charge >= 0.3 is 0 Å². The fourth-order valence-electron chi connectivity index (χ4n) is 2.78. The Labute approximate surface area is 138 Å². The number of rotatable bonds is 5. The minimum Gasteiger partial charge on any atom is -0.342 e. The van der Waals surface area contributed by atoms with Crippen molar-refractivity contribution in [1.82, 2.24) is 5.32 Å². The van der Waals surface area contributed by atoms with E-state index in [0.29, 0.717) is 12.1 Å². The molecule has 8 heteroatoms. The number of halogens is 3. The molecule has 0 aromatic heterocycles. The van der Waals surface area contributed by atoms with Crippen LogP contribution in [0.5, 0.6) is 0 Å². The molecular formula is C16H21F3N3O2+. The number of hydrogen-bond acceptors (Lipinski definition) is 2. The smallest absolute Gasteiger partial charge is 0.275 e. The maximum atomic E-state index is 13.5. The largest absolute Gasteiger partial charge is 0.342 e. The zero-order chi connectivity index (χ0) is 17.7. The zero-order valence-corrected chi connectivity index (χ0v) is 13.4. The Morgan fingerprint density at radius 1 is 1.17 bits per heavy atom. The number of likely N-dealkylation sites (tertiary alicyclic amines) is 1. The van der Waals surface area contributed by atoms with Crippen LogP contribution < -0.4 is 15.5 Å². The van der Waals surface area contributed by atoms with Crippen LogP contribution in [0.2, 0.25) is 0 Å². The lowest BCUT2D eigenvalue weighted by Crippen LogP contribution is -3.17. The predicted octanol–water partition coefficient (Wildman–Crippen LogP) is 0.616. The molecule has 1 unspecified atom stereocenters. The Kier molecular flexibility index (Phi) is 6.19. The zero-order valence-electron chi connectivity index (χ0n) is 13.4. The molecule has 1 fully saturated rings. The van der Waals surface area contributed by atoms with Crippen LogP contribution >= 0.6 is 0 Å². The van der Waals surface area contributed by atoms with Gasteiger partial charge in [0.05, 0.1) is 24.8 Å². The highest BCUT2D eigenvalue weighted by Crippen LogP contribution is 2.19. The molecule has 24 heavy (non-hydrogen) atoms. The van der Waals surface area contributed by atoms with Crippen LogP contribution in [-0.4, -0.2) is 37.5 Å². The van der Waals surface area contributed by atoms with Crippen LogP contribution in [0, 0.1) is 17.5 Å². The summed E-state index contributed by atoms with van der Waals surface area (Å²) in [5.74, 6) is -5.45. The molecule has 0 aliphatic carbocycles. The molecule has 132 valence electrons. The summed E-state index contributed by atoms with van der Waals surface area (Å²) in [4.78, 5) is 24.8. The number of piperidine rings is 1. The third-order valence-corrected chi connectivity index (χ3v) is 4.22. The quantitative estimate of drug-likeness (QED) is 0.686. The molecule has 2 rings (SSSR count). The third kappa shape index (κ3) is 4.70. The molecule has 1 saturated heterocycles. The van der Waals surface area contributed by atoms with Gasteiger partial charge in [0.15, 0.2) is 24.0 Å². The standard InChI is InChI=1S/C16H20F3N3O2/c1-10-4-2-3-7-22(10)9-14(24)20-8-13(23)21-12-6-5-11(17)15(18)16(12)19/h5-6,10H,2-4,7-9H2,1H3,(H,20,24)(H,21,23)/p+1/t10-/m0/s1. The maximum absolute atomic E-state index is 13.5. The first-order chi connectivity index (χ1) is 11.4. The Morgan fingerprint density at radius 3 is 2.62 bits per heavy atom. The average molecular weight is 344 g/mol. The van der Waals surface area contributed by atoms with E-state index in [-0.39, 0.29) is 19.0 Å². The molecule has 1 aliphatic heterocycles. The second-order valence-corrected chi connectivity index (χ2v) is 6.03. The lowest BCUT2D eigenvalue weighted by atomic mass is 10.0. The van der Waals surface area contributed by atoms with E-state index in [1.54, 1.807) is 0 Å². The van der Waals surface area contributed by atoms with Crippen LogP contribution in [0.25, 0.3) is 0 Å². The molecule has 0 saturated carbocycles. The van der Waals surface area contributed by atoms with E-state index in [1.807, 2.05) is 0 Å². The van der Waals surface area contributed by atoms with Crippen molar-refractivity contribution >= 4 is 17.5 Å². The molecular weight excluding hydrogens is 323 g/mol. The molecule has 2 amide bonds. The number of carbonyl (C=O) groups is 2. The maximum Gasteiger partial charge on any atom is 0.275 e. The normalized spacial score (nSPS) is 20.5. The Bertz CT molecular complexity index is 625. The summed E-state index contributed by atoms with van der Waals surface area (Å²) in [6.45, 7) is 2.91. The molecule has 1 aromatic carbocycles. The van der Waals surface area contributed by atoms with Crippen molar-refractivity contribution in [3.63, 3.8) is 0 Å². The summed E-state index contributed by atoms with van der Waals surface area (Å²) in [7, 11) is 0. The van der Waals surface area contributed by atoms with Crippen LogP contribution in [0.1, 0.15) is 26.2 Å².